The summed E-state index contributed by atoms with van der Waals surface area (Å²) in [5, 5.41) is 13.8. The van der Waals surface area contributed by atoms with E-state index >= 15 is 0 Å². The van der Waals surface area contributed by atoms with E-state index < -0.39 is 17.6 Å². The summed E-state index contributed by atoms with van der Waals surface area (Å²) in [5.74, 6) is -1.29. The maximum absolute atomic E-state index is 12.7. The van der Waals surface area contributed by atoms with Crippen molar-refractivity contribution in [3.8, 4) is 0 Å². The Labute approximate surface area is 116 Å². The van der Waals surface area contributed by atoms with Crippen LogP contribution >= 0.6 is 0 Å². The van der Waals surface area contributed by atoms with E-state index in [1.54, 1.807) is 6.92 Å². The van der Waals surface area contributed by atoms with E-state index in [4.69, 9.17) is 5.11 Å². The van der Waals surface area contributed by atoms with Crippen molar-refractivity contribution in [1.82, 2.24) is 5.32 Å². The van der Waals surface area contributed by atoms with Crippen LogP contribution in [0.2, 0.25) is 0 Å². The second-order valence-corrected chi connectivity index (χ2v) is 4.25. The number of aliphatic hydroxyl groups is 1. The van der Waals surface area contributed by atoms with Crippen LogP contribution in [0.5, 0.6) is 0 Å². The topological polar surface area (TPSA) is 78.4 Å². The monoisotopic (exact) mass is 280 g/mol. The summed E-state index contributed by atoms with van der Waals surface area (Å²) in [5.41, 5.74) is 0.440. The summed E-state index contributed by atoms with van der Waals surface area (Å²) >= 11 is 0. The quantitative estimate of drug-likeness (QED) is 0.685. The van der Waals surface area contributed by atoms with Crippen molar-refractivity contribution in [2.24, 2.45) is 0 Å². The Kier molecular flexibility index (Phi) is 6.39. The number of anilines is 1. The van der Waals surface area contributed by atoms with Gasteiger partial charge >= 0.3 is 0 Å². The molecule has 2 amide bonds. The van der Waals surface area contributed by atoms with E-state index in [0.717, 1.165) is 12.2 Å². The number of rotatable bonds is 6. The number of aliphatic hydroxyl groups excluding tert-OH is 1. The molecule has 1 aromatic rings. The highest BCUT2D eigenvalue weighted by Gasteiger charge is 2.04. The average Bonchev–Trinajstić information content (AvgIpc) is 2.39. The molecule has 0 bridgehead atoms. The lowest BCUT2D eigenvalue weighted by Crippen LogP contribution is -2.32. The average molecular weight is 280 g/mol. The van der Waals surface area contributed by atoms with Gasteiger partial charge in [0.05, 0.1) is 0 Å². The van der Waals surface area contributed by atoms with Crippen LogP contribution in [0.3, 0.4) is 0 Å². The lowest BCUT2D eigenvalue weighted by atomic mass is 10.2. The van der Waals surface area contributed by atoms with E-state index in [0.29, 0.717) is 12.1 Å². The van der Waals surface area contributed by atoms with Gasteiger partial charge in [0, 0.05) is 30.5 Å². The van der Waals surface area contributed by atoms with Crippen molar-refractivity contribution in [3.05, 3.63) is 42.2 Å². The van der Waals surface area contributed by atoms with Crippen LogP contribution in [0.4, 0.5) is 10.1 Å². The molecular weight excluding hydrogens is 263 g/mol. The molecule has 1 atom stereocenters. The molecule has 0 saturated carbocycles. The molecular formula is C14H17FN2O3. The smallest absolute Gasteiger partial charge is 0.248 e. The van der Waals surface area contributed by atoms with E-state index in [1.807, 2.05) is 0 Å². The second kappa shape index (κ2) is 8.06. The minimum Gasteiger partial charge on any atom is -0.396 e. The highest BCUT2D eigenvalue weighted by molar-refractivity contribution is 6.03. The number of halogens is 1. The third kappa shape index (κ3) is 6.10. The normalized spacial score (nSPS) is 12.2. The molecule has 0 aliphatic rings. The number of carbonyl (C=O) groups is 2. The molecule has 3 N–H and O–H groups in total. The summed E-state index contributed by atoms with van der Waals surface area (Å²) in [6.07, 6.45) is 2.64. The number of nitrogens with one attached hydrogen (secondary N) is 2. The summed E-state index contributed by atoms with van der Waals surface area (Å²) in [6, 6.07) is 5.12. The van der Waals surface area contributed by atoms with Crippen LogP contribution in [0.15, 0.2) is 36.4 Å². The Morgan fingerprint density at radius 3 is 2.45 bits per heavy atom. The van der Waals surface area contributed by atoms with Crippen molar-refractivity contribution in [1.29, 1.82) is 0 Å². The molecule has 0 aliphatic heterocycles. The third-order valence-corrected chi connectivity index (χ3v) is 2.45. The number of hydrogen-bond donors (Lipinski definition) is 3. The Bertz CT molecular complexity index is 486. The lowest BCUT2D eigenvalue weighted by molar-refractivity contribution is -0.117. The molecule has 0 spiro atoms. The summed E-state index contributed by atoms with van der Waals surface area (Å²) in [7, 11) is 0. The molecule has 0 aliphatic carbocycles. The molecule has 1 unspecified atom stereocenters. The standard InChI is InChI=1S/C14H17FN2O3/c1-10(8-9-18)16-13(19)6-7-14(20)17-12-4-2-11(15)3-5-12/h2-7,10,18H,8-9H2,1H3,(H,16,19)(H,17,20)/b7-6+. The van der Waals surface area contributed by atoms with Crippen LogP contribution in [0.1, 0.15) is 13.3 Å². The van der Waals surface area contributed by atoms with Gasteiger partial charge in [0.2, 0.25) is 11.8 Å². The molecule has 0 heterocycles. The van der Waals surface area contributed by atoms with Gasteiger partial charge in [0.1, 0.15) is 5.82 Å². The Morgan fingerprint density at radius 2 is 1.85 bits per heavy atom. The van der Waals surface area contributed by atoms with Gasteiger partial charge in [0.25, 0.3) is 0 Å². The van der Waals surface area contributed by atoms with Gasteiger partial charge in [-0.25, -0.2) is 4.39 Å². The van der Waals surface area contributed by atoms with Crippen LogP contribution in [-0.2, 0) is 9.59 Å². The van der Waals surface area contributed by atoms with Crippen molar-refractivity contribution >= 4 is 17.5 Å². The second-order valence-electron chi connectivity index (χ2n) is 4.25. The minimum absolute atomic E-state index is 0.0176. The molecule has 1 rings (SSSR count). The third-order valence-electron chi connectivity index (χ3n) is 2.45. The predicted molar refractivity (Wildman–Crippen MR) is 73.5 cm³/mol. The summed E-state index contributed by atoms with van der Waals surface area (Å²) in [4.78, 5) is 22.9. The number of carbonyl (C=O) groups excluding carboxylic acids is 2. The highest BCUT2D eigenvalue weighted by Crippen LogP contribution is 2.07. The van der Waals surface area contributed by atoms with E-state index in [-0.39, 0.29) is 12.6 Å². The van der Waals surface area contributed by atoms with Crippen LogP contribution < -0.4 is 10.6 Å². The van der Waals surface area contributed by atoms with E-state index in [1.165, 1.54) is 24.3 Å². The van der Waals surface area contributed by atoms with Gasteiger partial charge in [-0.1, -0.05) is 0 Å². The Balaban J connectivity index is 2.43. The maximum atomic E-state index is 12.7. The molecule has 0 fully saturated rings. The highest BCUT2D eigenvalue weighted by atomic mass is 19.1. The number of hydrogen-bond acceptors (Lipinski definition) is 3. The largest absolute Gasteiger partial charge is 0.396 e. The van der Waals surface area contributed by atoms with Gasteiger partial charge in [0.15, 0.2) is 0 Å². The fourth-order valence-corrected chi connectivity index (χ4v) is 1.43. The fourth-order valence-electron chi connectivity index (χ4n) is 1.43. The van der Waals surface area contributed by atoms with Crippen molar-refractivity contribution in [3.63, 3.8) is 0 Å². The van der Waals surface area contributed by atoms with Crippen molar-refractivity contribution in [2.45, 2.75) is 19.4 Å². The van der Waals surface area contributed by atoms with Gasteiger partial charge in [-0.3, -0.25) is 9.59 Å². The molecule has 0 aromatic heterocycles. The van der Waals surface area contributed by atoms with Crippen LogP contribution in [0, 0.1) is 5.82 Å². The van der Waals surface area contributed by atoms with E-state index in [2.05, 4.69) is 10.6 Å². The van der Waals surface area contributed by atoms with Crippen LogP contribution in [0.25, 0.3) is 0 Å². The summed E-state index contributed by atoms with van der Waals surface area (Å²) < 4.78 is 12.7. The predicted octanol–water partition coefficient (Wildman–Crippen LogP) is 1.21. The van der Waals surface area contributed by atoms with Gasteiger partial charge in [-0.15, -0.1) is 0 Å². The fraction of sp³-hybridized carbons (Fsp3) is 0.286. The first-order valence-corrected chi connectivity index (χ1v) is 6.17. The molecule has 6 heteroatoms. The number of amides is 2. The molecule has 108 valence electrons. The van der Waals surface area contributed by atoms with Crippen molar-refractivity contribution < 1.29 is 19.1 Å². The zero-order valence-electron chi connectivity index (χ0n) is 11.1. The lowest BCUT2D eigenvalue weighted by Gasteiger charge is -2.09. The van der Waals surface area contributed by atoms with Crippen LogP contribution in [-0.4, -0.2) is 29.6 Å². The minimum atomic E-state index is -0.485. The zero-order chi connectivity index (χ0) is 15.0. The van der Waals surface area contributed by atoms with Gasteiger partial charge in [-0.05, 0) is 37.6 Å². The van der Waals surface area contributed by atoms with Gasteiger partial charge in [-0.2, -0.15) is 0 Å². The maximum Gasteiger partial charge on any atom is 0.248 e. The van der Waals surface area contributed by atoms with E-state index in [9.17, 15) is 14.0 Å². The number of benzene rings is 1. The summed E-state index contributed by atoms with van der Waals surface area (Å²) in [6.45, 7) is 1.73. The molecule has 20 heavy (non-hydrogen) atoms. The SMILES string of the molecule is CC(CCO)NC(=O)/C=C/C(=O)Nc1ccc(F)cc1. The Hall–Kier alpha value is -2.21. The zero-order valence-corrected chi connectivity index (χ0v) is 11.1. The molecule has 1 aromatic carbocycles. The first-order valence-electron chi connectivity index (χ1n) is 6.17. The Morgan fingerprint density at radius 1 is 1.25 bits per heavy atom. The molecule has 0 saturated heterocycles. The molecule has 0 radical (unpaired) electrons. The van der Waals surface area contributed by atoms with Crippen molar-refractivity contribution in [2.75, 3.05) is 11.9 Å². The first kappa shape index (κ1) is 15.8. The molecule has 5 nitrogen and oxygen atoms in total. The van der Waals surface area contributed by atoms with Gasteiger partial charge < -0.3 is 15.7 Å². The first-order chi connectivity index (χ1) is 9.51.